The number of nitrogens with zero attached hydrogens (tertiary/aromatic N) is 3. The molecule has 1 aromatic heterocycles. The fourth-order valence-corrected chi connectivity index (χ4v) is 2.75. The van der Waals surface area contributed by atoms with E-state index in [2.05, 4.69) is 20.9 Å². The Morgan fingerprint density at radius 2 is 1.88 bits per heavy atom. The number of piperazine rings is 1. The average Bonchev–Trinajstić information content (AvgIpc) is 2.45. The van der Waals surface area contributed by atoms with Crippen molar-refractivity contribution in [3.63, 3.8) is 0 Å². The molecule has 0 saturated carbocycles. The van der Waals surface area contributed by atoms with E-state index in [4.69, 9.17) is 9.84 Å². The van der Waals surface area contributed by atoms with Crippen LogP contribution in [-0.2, 0) is 4.74 Å². The number of hydrogen-bond donors (Lipinski definition) is 1. The van der Waals surface area contributed by atoms with Crippen LogP contribution in [0.15, 0.2) is 10.7 Å². The molecule has 0 atom stereocenters. The third-order valence-corrected chi connectivity index (χ3v) is 4.00. The van der Waals surface area contributed by atoms with Crippen LogP contribution in [0, 0.1) is 5.82 Å². The molecule has 1 fully saturated rings. The van der Waals surface area contributed by atoms with E-state index in [1.54, 1.807) is 25.7 Å². The van der Waals surface area contributed by atoms with Crippen LogP contribution < -0.4 is 4.90 Å². The molecule has 2 rings (SSSR count). The first-order valence-corrected chi connectivity index (χ1v) is 8.19. The van der Waals surface area contributed by atoms with Gasteiger partial charge in [0, 0.05) is 32.4 Å². The minimum absolute atomic E-state index is 0.0283. The van der Waals surface area contributed by atoms with Gasteiger partial charge in [0.05, 0.1) is 4.47 Å². The highest BCUT2D eigenvalue weighted by Crippen LogP contribution is 2.27. The molecular weight excluding hydrogens is 385 g/mol. The summed E-state index contributed by atoms with van der Waals surface area (Å²) in [6, 6.07) is 0. The Labute approximate surface area is 147 Å². The first kappa shape index (κ1) is 18.4. The molecule has 1 aliphatic rings. The summed E-state index contributed by atoms with van der Waals surface area (Å²) in [5.74, 6) is -2.28. The molecule has 1 N–H and O–H groups in total. The Hall–Kier alpha value is -1.90. The van der Waals surface area contributed by atoms with Crippen LogP contribution >= 0.6 is 15.9 Å². The summed E-state index contributed by atoms with van der Waals surface area (Å²) in [5.41, 5.74) is -1.03. The molecule has 9 heteroatoms. The van der Waals surface area contributed by atoms with Gasteiger partial charge in [-0.15, -0.1) is 0 Å². The van der Waals surface area contributed by atoms with Crippen molar-refractivity contribution in [1.82, 2.24) is 9.88 Å². The van der Waals surface area contributed by atoms with Crippen molar-refractivity contribution in [2.75, 3.05) is 31.1 Å². The Bertz CT molecular complexity index is 655. The lowest BCUT2D eigenvalue weighted by Gasteiger charge is -2.36. The molecule has 0 aromatic carbocycles. The molecule has 0 spiro atoms. The molecule has 24 heavy (non-hydrogen) atoms. The van der Waals surface area contributed by atoms with Crippen LogP contribution in [0.5, 0.6) is 0 Å². The van der Waals surface area contributed by atoms with Crippen LogP contribution in [0.4, 0.5) is 15.0 Å². The van der Waals surface area contributed by atoms with Crippen molar-refractivity contribution in [2.24, 2.45) is 0 Å². The number of anilines is 1. The quantitative estimate of drug-likeness (QED) is 0.817. The predicted molar refractivity (Wildman–Crippen MR) is 88.9 cm³/mol. The van der Waals surface area contributed by atoms with Crippen LogP contribution in [-0.4, -0.2) is 58.8 Å². The smallest absolute Gasteiger partial charge is 0.410 e. The van der Waals surface area contributed by atoms with Gasteiger partial charge in [-0.3, -0.25) is 0 Å². The summed E-state index contributed by atoms with van der Waals surface area (Å²) >= 11 is 2.99. The molecule has 7 nitrogen and oxygen atoms in total. The molecule has 2 heterocycles. The van der Waals surface area contributed by atoms with Gasteiger partial charge in [-0.2, -0.15) is 0 Å². The maximum absolute atomic E-state index is 14.4. The van der Waals surface area contributed by atoms with Crippen molar-refractivity contribution >= 4 is 33.8 Å². The van der Waals surface area contributed by atoms with E-state index in [0.29, 0.717) is 26.2 Å². The lowest BCUT2D eigenvalue weighted by Crippen LogP contribution is -2.50. The molecule has 1 saturated heterocycles. The summed E-state index contributed by atoms with van der Waals surface area (Å²) < 4.78 is 19.8. The van der Waals surface area contributed by atoms with Gasteiger partial charge in [-0.25, -0.2) is 19.0 Å². The second kappa shape index (κ2) is 6.92. The van der Waals surface area contributed by atoms with E-state index in [-0.39, 0.29) is 10.3 Å². The first-order valence-electron chi connectivity index (χ1n) is 7.40. The second-order valence-electron chi connectivity index (χ2n) is 6.38. The largest absolute Gasteiger partial charge is 0.478 e. The third kappa shape index (κ3) is 4.14. The molecular formula is C15H19BrFN3O4. The average molecular weight is 404 g/mol. The Morgan fingerprint density at radius 3 is 2.38 bits per heavy atom. The standard InChI is InChI=1S/C15H19BrFN3O4/c1-15(2,3)24-14(23)20-6-4-19(5-7-20)12-11(17)10(13(21)22)9(16)8-18-12/h8H,4-7H2,1-3H3,(H,21,22). The molecule has 0 radical (unpaired) electrons. The fraction of sp³-hybridized carbons (Fsp3) is 0.533. The summed E-state index contributed by atoms with van der Waals surface area (Å²) in [5, 5.41) is 9.11. The van der Waals surface area contributed by atoms with Gasteiger partial charge in [-0.1, -0.05) is 0 Å². The minimum Gasteiger partial charge on any atom is -0.478 e. The highest BCUT2D eigenvalue weighted by molar-refractivity contribution is 9.10. The Kier molecular flexibility index (Phi) is 5.32. The summed E-state index contributed by atoms with van der Waals surface area (Å²) in [6.45, 7) is 6.72. The Balaban J connectivity index is 2.09. The van der Waals surface area contributed by atoms with Gasteiger partial charge in [0.15, 0.2) is 11.6 Å². The van der Waals surface area contributed by atoms with Gasteiger partial charge in [0.25, 0.3) is 0 Å². The SMILES string of the molecule is CC(C)(C)OC(=O)N1CCN(c2ncc(Br)c(C(=O)O)c2F)CC1. The van der Waals surface area contributed by atoms with Crippen LogP contribution in [0.2, 0.25) is 0 Å². The van der Waals surface area contributed by atoms with E-state index < -0.39 is 29.0 Å². The number of aromatic nitrogens is 1. The molecule has 1 aromatic rings. The minimum atomic E-state index is -1.37. The number of hydrogen-bond acceptors (Lipinski definition) is 5. The number of halogens is 2. The van der Waals surface area contributed by atoms with Gasteiger partial charge in [0.2, 0.25) is 0 Å². The second-order valence-corrected chi connectivity index (χ2v) is 7.23. The van der Waals surface area contributed by atoms with Crippen LogP contribution in [0.25, 0.3) is 0 Å². The molecule has 0 aliphatic carbocycles. The van der Waals surface area contributed by atoms with E-state index >= 15 is 0 Å². The number of carboxylic acid groups (broad SMARTS) is 1. The monoisotopic (exact) mass is 403 g/mol. The molecule has 1 amide bonds. The number of pyridine rings is 1. The van der Waals surface area contributed by atoms with Gasteiger partial charge < -0.3 is 19.6 Å². The summed E-state index contributed by atoms with van der Waals surface area (Å²) in [6.07, 6.45) is 0.847. The van der Waals surface area contributed by atoms with Crippen LogP contribution in [0.3, 0.4) is 0 Å². The lowest BCUT2D eigenvalue weighted by atomic mass is 10.2. The number of carbonyl (C=O) groups is 2. The van der Waals surface area contributed by atoms with Crippen molar-refractivity contribution in [2.45, 2.75) is 26.4 Å². The van der Waals surface area contributed by atoms with E-state index in [9.17, 15) is 14.0 Å². The number of carboxylic acids is 1. The molecule has 1 aliphatic heterocycles. The maximum atomic E-state index is 14.4. The maximum Gasteiger partial charge on any atom is 0.410 e. The van der Waals surface area contributed by atoms with E-state index in [1.165, 1.54) is 11.1 Å². The molecule has 132 valence electrons. The summed E-state index contributed by atoms with van der Waals surface area (Å²) in [7, 11) is 0. The summed E-state index contributed by atoms with van der Waals surface area (Å²) in [4.78, 5) is 30.3. The highest BCUT2D eigenvalue weighted by atomic mass is 79.9. The first-order chi connectivity index (χ1) is 11.1. The number of aromatic carboxylic acids is 1. The highest BCUT2D eigenvalue weighted by Gasteiger charge is 2.29. The van der Waals surface area contributed by atoms with Crippen molar-refractivity contribution in [1.29, 1.82) is 0 Å². The number of carbonyl (C=O) groups excluding carboxylic acids is 1. The van der Waals surface area contributed by atoms with Crippen molar-refractivity contribution in [3.8, 4) is 0 Å². The zero-order valence-corrected chi connectivity index (χ0v) is 15.3. The van der Waals surface area contributed by atoms with Crippen LogP contribution in [0.1, 0.15) is 31.1 Å². The van der Waals surface area contributed by atoms with Crippen molar-refractivity contribution < 1.29 is 23.8 Å². The van der Waals surface area contributed by atoms with Gasteiger partial charge in [-0.05, 0) is 36.7 Å². The van der Waals surface area contributed by atoms with Crippen molar-refractivity contribution in [3.05, 3.63) is 22.1 Å². The zero-order valence-electron chi connectivity index (χ0n) is 13.7. The Morgan fingerprint density at radius 1 is 1.29 bits per heavy atom. The molecule has 0 unspecified atom stereocenters. The van der Waals surface area contributed by atoms with Gasteiger partial charge >= 0.3 is 12.1 Å². The predicted octanol–water partition coefficient (Wildman–Crippen LogP) is 2.74. The molecule has 0 bridgehead atoms. The zero-order chi connectivity index (χ0) is 18.1. The van der Waals surface area contributed by atoms with E-state index in [1.807, 2.05) is 0 Å². The third-order valence-electron chi connectivity index (χ3n) is 3.40. The number of ether oxygens (including phenoxy) is 1. The number of amides is 1. The normalized spacial score (nSPS) is 15.4. The van der Waals surface area contributed by atoms with E-state index in [0.717, 1.165) is 0 Å². The lowest BCUT2D eigenvalue weighted by molar-refractivity contribution is 0.0240. The van der Waals surface area contributed by atoms with Gasteiger partial charge in [0.1, 0.15) is 11.2 Å². The fourth-order valence-electron chi connectivity index (χ4n) is 2.30. The topological polar surface area (TPSA) is 83.0 Å². The number of rotatable bonds is 2.